The number of carbonyl (C=O) groups is 3. The van der Waals surface area contributed by atoms with Gasteiger partial charge in [-0.2, -0.15) is 0 Å². The number of hydrogen-bond acceptors (Lipinski definition) is 7. The van der Waals surface area contributed by atoms with E-state index in [0.29, 0.717) is 36.1 Å². The van der Waals surface area contributed by atoms with Gasteiger partial charge in [0.05, 0.1) is 24.6 Å². The van der Waals surface area contributed by atoms with Crippen LogP contribution in [0, 0.1) is 0 Å². The molecule has 1 atom stereocenters. The van der Waals surface area contributed by atoms with Gasteiger partial charge in [0.15, 0.2) is 17.6 Å². The Hall–Kier alpha value is -3.13. The third-order valence-corrected chi connectivity index (χ3v) is 5.61. The molecule has 0 spiro atoms. The number of ketones is 1. The van der Waals surface area contributed by atoms with Crippen LogP contribution in [0.4, 0.5) is 0 Å². The highest BCUT2D eigenvalue weighted by atomic mass is 32.1. The zero-order chi connectivity index (χ0) is 24.2. The van der Waals surface area contributed by atoms with Crippen LogP contribution < -0.4 is 14.8 Å². The van der Waals surface area contributed by atoms with Gasteiger partial charge in [0, 0.05) is 17.9 Å². The van der Waals surface area contributed by atoms with Crippen molar-refractivity contribution in [3.8, 4) is 11.5 Å². The quantitative estimate of drug-likeness (QED) is 0.195. The Morgan fingerprint density at radius 3 is 2.58 bits per heavy atom. The van der Waals surface area contributed by atoms with Crippen molar-refractivity contribution in [2.45, 2.75) is 53.2 Å². The van der Waals surface area contributed by atoms with Crippen LogP contribution in [0.1, 0.15) is 60.6 Å². The van der Waals surface area contributed by atoms with Gasteiger partial charge in [-0.3, -0.25) is 9.59 Å². The second-order valence-electron chi connectivity index (χ2n) is 7.29. The predicted octanol–water partition coefficient (Wildman–Crippen LogP) is 4.79. The summed E-state index contributed by atoms with van der Waals surface area (Å²) in [4.78, 5) is 37.1. The summed E-state index contributed by atoms with van der Waals surface area (Å²) in [7, 11) is 0. The van der Waals surface area contributed by atoms with Crippen LogP contribution >= 0.6 is 11.3 Å². The number of amides is 1. The summed E-state index contributed by atoms with van der Waals surface area (Å²) in [6.45, 7) is 8.43. The maximum atomic E-state index is 12.6. The molecule has 0 aliphatic carbocycles. The summed E-state index contributed by atoms with van der Waals surface area (Å²) in [5.41, 5.74) is 0.748. The fourth-order valence-electron chi connectivity index (χ4n) is 2.79. The minimum atomic E-state index is -0.928. The van der Waals surface area contributed by atoms with Crippen molar-refractivity contribution in [2.75, 3.05) is 13.2 Å². The summed E-state index contributed by atoms with van der Waals surface area (Å²) in [6.07, 6.45) is 3.96. The molecule has 1 amide bonds. The number of carbonyl (C=O) groups excluding carboxylic acids is 3. The van der Waals surface area contributed by atoms with E-state index in [4.69, 9.17) is 14.2 Å². The summed E-state index contributed by atoms with van der Waals surface area (Å²) in [5.74, 6) is 0.228. The van der Waals surface area contributed by atoms with Gasteiger partial charge < -0.3 is 19.5 Å². The van der Waals surface area contributed by atoms with Crippen LogP contribution in [-0.4, -0.2) is 37.0 Å². The molecule has 1 aromatic carbocycles. The Morgan fingerprint density at radius 2 is 1.88 bits per heavy atom. The highest BCUT2D eigenvalue weighted by molar-refractivity contribution is 7.14. The highest BCUT2D eigenvalue weighted by Gasteiger charge is 2.20. The lowest BCUT2D eigenvalue weighted by Gasteiger charge is -2.12. The molecule has 1 heterocycles. The molecule has 1 N–H and O–H groups in total. The Morgan fingerprint density at radius 1 is 1.09 bits per heavy atom. The van der Waals surface area contributed by atoms with Crippen LogP contribution in [-0.2, 0) is 20.9 Å². The number of Topliss-reactive ketones (excluding diaryl/α,β-unsaturated/α-hetero) is 1. The second-order valence-corrected chi connectivity index (χ2v) is 8.46. The average molecular weight is 474 g/mol. The summed E-state index contributed by atoms with van der Waals surface area (Å²) < 4.78 is 16.7. The van der Waals surface area contributed by atoms with Crippen molar-refractivity contribution >= 4 is 35.1 Å². The standard InChI is InChI=1S/C25H31NO6S/c1-5-7-14-31-21-11-8-19(15-22(21)30-6-2)9-13-24(28)32-17(3)25(29)23-12-10-20(33-23)16-26-18(4)27/h8-13,15,17H,5-7,14,16H2,1-4H3,(H,26,27)/b13-9+. The largest absolute Gasteiger partial charge is 0.490 e. The number of benzene rings is 1. The van der Waals surface area contributed by atoms with Crippen molar-refractivity contribution in [3.63, 3.8) is 0 Å². The van der Waals surface area contributed by atoms with Crippen LogP contribution in [0.15, 0.2) is 36.4 Å². The number of hydrogen-bond donors (Lipinski definition) is 1. The SMILES string of the molecule is CCCCOc1ccc(/C=C/C(=O)OC(C)C(=O)c2ccc(CNC(C)=O)s2)cc1OCC. The molecule has 0 aliphatic heterocycles. The third-order valence-electron chi connectivity index (χ3n) is 4.51. The lowest BCUT2D eigenvalue weighted by atomic mass is 10.2. The number of rotatable bonds is 13. The molecular formula is C25H31NO6S. The Labute approximate surface area is 198 Å². The Kier molecular flexibility index (Phi) is 10.6. The van der Waals surface area contributed by atoms with Crippen molar-refractivity contribution in [1.29, 1.82) is 0 Å². The first-order valence-corrected chi connectivity index (χ1v) is 11.8. The van der Waals surface area contributed by atoms with Gasteiger partial charge >= 0.3 is 5.97 Å². The van der Waals surface area contributed by atoms with Gasteiger partial charge in [-0.1, -0.05) is 19.4 Å². The molecule has 0 bridgehead atoms. The molecule has 1 aromatic heterocycles. The first kappa shape index (κ1) is 26.1. The van der Waals surface area contributed by atoms with Crippen LogP contribution in [0.2, 0.25) is 0 Å². The summed E-state index contributed by atoms with van der Waals surface area (Å²) in [5, 5.41) is 2.68. The van der Waals surface area contributed by atoms with E-state index in [1.54, 1.807) is 24.3 Å². The molecule has 0 saturated heterocycles. The lowest BCUT2D eigenvalue weighted by Crippen LogP contribution is -2.22. The monoisotopic (exact) mass is 473 g/mol. The van der Waals surface area contributed by atoms with E-state index in [9.17, 15) is 14.4 Å². The number of unbranched alkanes of at least 4 members (excludes halogenated alkanes) is 1. The first-order chi connectivity index (χ1) is 15.8. The summed E-state index contributed by atoms with van der Waals surface area (Å²) in [6, 6.07) is 8.88. The van der Waals surface area contributed by atoms with Crippen molar-refractivity contribution in [3.05, 3.63) is 51.7 Å². The molecule has 2 aromatic rings. The molecule has 7 nitrogen and oxygen atoms in total. The van der Waals surface area contributed by atoms with E-state index < -0.39 is 12.1 Å². The second kappa shape index (κ2) is 13.4. The van der Waals surface area contributed by atoms with Gasteiger partial charge in [0.1, 0.15) is 0 Å². The maximum Gasteiger partial charge on any atom is 0.331 e. The smallest absolute Gasteiger partial charge is 0.331 e. The molecular weight excluding hydrogens is 442 g/mol. The number of nitrogens with one attached hydrogen (secondary N) is 1. The van der Waals surface area contributed by atoms with Crippen LogP contribution in [0.3, 0.4) is 0 Å². The highest BCUT2D eigenvalue weighted by Crippen LogP contribution is 2.29. The van der Waals surface area contributed by atoms with Gasteiger partial charge in [0.25, 0.3) is 0 Å². The van der Waals surface area contributed by atoms with E-state index in [2.05, 4.69) is 12.2 Å². The lowest BCUT2D eigenvalue weighted by molar-refractivity contribution is -0.140. The number of ether oxygens (including phenoxy) is 3. The van der Waals surface area contributed by atoms with E-state index in [0.717, 1.165) is 23.3 Å². The predicted molar refractivity (Wildman–Crippen MR) is 129 cm³/mol. The maximum absolute atomic E-state index is 12.6. The molecule has 0 radical (unpaired) electrons. The normalized spacial score (nSPS) is 11.8. The van der Waals surface area contributed by atoms with Crippen molar-refractivity contribution in [1.82, 2.24) is 5.32 Å². The zero-order valence-corrected chi connectivity index (χ0v) is 20.3. The topological polar surface area (TPSA) is 90.9 Å². The molecule has 0 saturated carbocycles. The number of thiophene rings is 1. The van der Waals surface area contributed by atoms with E-state index in [1.807, 2.05) is 19.1 Å². The van der Waals surface area contributed by atoms with Gasteiger partial charge in [-0.05, 0) is 56.2 Å². The molecule has 8 heteroatoms. The third kappa shape index (κ3) is 8.73. The first-order valence-electron chi connectivity index (χ1n) is 11.0. The molecule has 178 valence electrons. The van der Waals surface area contributed by atoms with Crippen LogP contribution in [0.25, 0.3) is 6.08 Å². The molecule has 0 fully saturated rings. The van der Waals surface area contributed by atoms with E-state index >= 15 is 0 Å². The minimum Gasteiger partial charge on any atom is -0.490 e. The Bertz CT molecular complexity index is 981. The molecule has 2 rings (SSSR count). The van der Waals surface area contributed by atoms with Gasteiger partial charge in [-0.15, -0.1) is 11.3 Å². The zero-order valence-electron chi connectivity index (χ0n) is 19.5. The van der Waals surface area contributed by atoms with Crippen LogP contribution in [0.5, 0.6) is 11.5 Å². The molecule has 0 aliphatic rings. The van der Waals surface area contributed by atoms with E-state index in [-0.39, 0.29) is 11.7 Å². The molecule has 1 unspecified atom stereocenters. The van der Waals surface area contributed by atoms with Crippen molar-refractivity contribution in [2.24, 2.45) is 0 Å². The van der Waals surface area contributed by atoms with Gasteiger partial charge in [0.2, 0.25) is 11.7 Å². The number of esters is 1. The molecule has 33 heavy (non-hydrogen) atoms. The van der Waals surface area contributed by atoms with E-state index in [1.165, 1.54) is 31.3 Å². The van der Waals surface area contributed by atoms with Crippen molar-refractivity contribution < 1.29 is 28.6 Å². The Balaban J connectivity index is 1.96. The fourth-order valence-corrected chi connectivity index (χ4v) is 3.76. The summed E-state index contributed by atoms with van der Waals surface area (Å²) >= 11 is 1.26. The average Bonchev–Trinajstić information content (AvgIpc) is 3.26. The fraction of sp³-hybridized carbons (Fsp3) is 0.400. The van der Waals surface area contributed by atoms with Gasteiger partial charge in [-0.25, -0.2) is 4.79 Å². The minimum absolute atomic E-state index is 0.141.